The second-order valence-corrected chi connectivity index (χ2v) is 8.46. The molecule has 0 aliphatic heterocycles. The van der Waals surface area contributed by atoms with Crippen LogP contribution in [0.2, 0.25) is 0 Å². The van der Waals surface area contributed by atoms with Gasteiger partial charge in [0.15, 0.2) is 5.78 Å². The quantitative estimate of drug-likeness (QED) is 0.575. The lowest BCUT2D eigenvalue weighted by atomic mass is 9.88. The number of carbonyl (C=O) groups is 1. The molecule has 0 spiro atoms. The summed E-state index contributed by atoms with van der Waals surface area (Å²) in [4.78, 5) is 12.1. The van der Waals surface area contributed by atoms with Gasteiger partial charge in [0.05, 0.1) is 5.31 Å². The van der Waals surface area contributed by atoms with E-state index in [1.807, 2.05) is 41.5 Å². The van der Waals surface area contributed by atoms with Gasteiger partial charge in [-0.15, -0.1) is 0 Å². The number of hydrogen-bond donors (Lipinski definition) is 0. The molecular weight excluding hydrogens is 251 g/mol. The molecule has 18 heavy (non-hydrogen) atoms. The van der Waals surface area contributed by atoms with Crippen LogP contribution in [0, 0.1) is 10.8 Å². The lowest BCUT2D eigenvalue weighted by molar-refractivity contribution is -0.121. The molecule has 0 atom stereocenters. The number of carbonyl (C=O) groups excluding carboxylic acids is 1. The van der Waals surface area contributed by atoms with Crippen molar-refractivity contribution in [3.05, 3.63) is 11.4 Å². The first-order chi connectivity index (χ1) is 7.88. The number of rotatable bonds is 4. The fourth-order valence-electron chi connectivity index (χ4n) is 1.32. The van der Waals surface area contributed by atoms with Crippen molar-refractivity contribution in [1.29, 1.82) is 0 Å². The third kappa shape index (κ3) is 4.34. The highest BCUT2D eigenvalue weighted by molar-refractivity contribution is 7.58. The zero-order chi connectivity index (χ0) is 14.8. The monoisotopic (exact) mass is 276 g/mol. The molecule has 4 nitrogen and oxygen atoms in total. The van der Waals surface area contributed by atoms with Crippen LogP contribution in [-0.2, 0) is 18.4 Å². The first-order valence-corrected chi connectivity index (χ1v) is 7.41. The highest BCUT2D eigenvalue weighted by Gasteiger charge is 2.37. The van der Waals surface area contributed by atoms with E-state index in [0.29, 0.717) is 5.31 Å². The van der Waals surface area contributed by atoms with Crippen molar-refractivity contribution < 1.29 is 18.4 Å². The average Bonchev–Trinajstić information content (AvgIpc) is 2.21. The molecule has 0 aromatic rings. The molecular formula is C13H25O4P. The van der Waals surface area contributed by atoms with E-state index in [4.69, 9.17) is 9.05 Å². The summed E-state index contributed by atoms with van der Waals surface area (Å²) in [5, 5.41) is 0.403. The van der Waals surface area contributed by atoms with Crippen LogP contribution in [0.15, 0.2) is 11.4 Å². The molecule has 0 N–H and O–H groups in total. The van der Waals surface area contributed by atoms with E-state index < -0.39 is 18.4 Å². The summed E-state index contributed by atoms with van der Waals surface area (Å²) in [5.41, 5.74) is -0.995. The summed E-state index contributed by atoms with van der Waals surface area (Å²) in [5.74, 6) is -0.0956. The van der Waals surface area contributed by atoms with Crippen LogP contribution in [0.1, 0.15) is 41.5 Å². The zero-order valence-electron chi connectivity index (χ0n) is 12.7. The molecule has 0 unspecified atom stereocenters. The van der Waals surface area contributed by atoms with Crippen LogP contribution in [0.4, 0.5) is 0 Å². The van der Waals surface area contributed by atoms with E-state index >= 15 is 0 Å². The molecule has 0 saturated carbocycles. The van der Waals surface area contributed by atoms with Crippen molar-refractivity contribution in [2.24, 2.45) is 10.8 Å². The van der Waals surface area contributed by atoms with Gasteiger partial charge < -0.3 is 9.05 Å². The predicted molar refractivity (Wildman–Crippen MR) is 73.6 cm³/mol. The average molecular weight is 276 g/mol. The molecule has 0 aliphatic rings. The first-order valence-electron chi connectivity index (χ1n) is 5.87. The Morgan fingerprint density at radius 3 is 1.56 bits per heavy atom. The molecule has 5 heteroatoms. The Bertz CT molecular complexity index is 375. The Balaban J connectivity index is 5.77. The Labute approximate surface area is 110 Å². The molecule has 0 fully saturated rings. The summed E-state index contributed by atoms with van der Waals surface area (Å²) >= 11 is 0. The van der Waals surface area contributed by atoms with E-state index in [-0.39, 0.29) is 5.78 Å². The van der Waals surface area contributed by atoms with Gasteiger partial charge in [-0.1, -0.05) is 41.5 Å². The summed E-state index contributed by atoms with van der Waals surface area (Å²) < 4.78 is 22.5. The van der Waals surface area contributed by atoms with E-state index in [1.54, 1.807) is 0 Å². The third-order valence-corrected chi connectivity index (χ3v) is 4.90. The van der Waals surface area contributed by atoms with Gasteiger partial charge >= 0.3 is 7.60 Å². The van der Waals surface area contributed by atoms with Gasteiger partial charge in [-0.3, -0.25) is 9.36 Å². The summed E-state index contributed by atoms with van der Waals surface area (Å²) in [6.07, 6.45) is 1.41. The van der Waals surface area contributed by atoms with E-state index in [9.17, 15) is 9.36 Å². The Kier molecular flexibility index (Phi) is 5.54. The maximum Gasteiger partial charge on any atom is 0.357 e. The molecule has 0 heterocycles. The van der Waals surface area contributed by atoms with Crippen LogP contribution < -0.4 is 0 Å². The van der Waals surface area contributed by atoms with Gasteiger partial charge in [0.1, 0.15) is 0 Å². The van der Waals surface area contributed by atoms with E-state index in [0.717, 1.165) is 0 Å². The molecule has 0 rings (SSSR count). The largest absolute Gasteiger partial charge is 0.357 e. The van der Waals surface area contributed by atoms with Gasteiger partial charge in [0.2, 0.25) is 0 Å². The van der Waals surface area contributed by atoms with Crippen molar-refractivity contribution in [3.63, 3.8) is 0 Å². The van der Waals surface area contributed by atoms with Crippen LogP contribution >= 0.6 is 7.60 Å². The molecule has 0 aliphatic carbocycles. The summed E-state index contributed by atoms with van der Waals surface area (Å²) in [6, 6.07) is 0. The van der Waals surface area contributed by atoms with E-state index in [1.165, 1.54) is 20.3 Å². The molecule has 0 aromatic heterocycles. The van der Waals surface area contributed by atoms with Gasteiger partial charge in [0, 0.05) is 19.6 Å². The van der Waals surface area contributed by atoms with Gasteiger partial charge in [-0.25, -0.2) is 0 Å². The van der Waals surface area contributed by atoms with Gasteiger partial charge in [-0.05, 0) is 11.5 Å². The lowest BCUT2D eigenvalue weighted by Gasteiger charge is -2.28. The highest BCUT2D eigenvalue weighted by Crippen LogP contribution is 2.60. The zero-order valence-corrected chi connectivity index (χ0v) is 13.6. The van der Waals surface area contributed by atoms with Gasteiger partial charge in [-0.2, -0.15) is 0 Å². The SMILES string of the molecule is COP(=O)(OC)/C(=C\C(=O)C(C)(C)C)C(C)(C)C. The topological polar surface area (TPSA) is 52.6 Å². The lowest BCUT2D eigenvalue weighted by Crippen LogP contribution is -2.21. The molecule has 0 bridgehead atoms. The van der Waals surface area contributed by atoms with Crippen LogP contribution in [0.5, 0.6) is 0 Å². The fourth-order valence-corrected chi connectivity index (χ4v) is 2.96. The minimum absolute atomic E-state index is 0.0956. The van der Waals surface area contributed by atoms with Crippen LogP contribution in [-0.4, -0.2) is 20.0 Å². The Morgan fingerprint density at radius 1 is 0.944 bits per heavy atom. The minimum Gasteiger partial charge on any atom is -0.309 e. The standard InChI is InChI=1S/C13H25O4P/c1-12(2,3)10(14)9-11(13(4,5)6)18(15,16-7)17-8/h9H,1-8H3/b11-9-. The first kappa shape index (κ1) is 17.6. The maximum absolute atomic E-state index is 12.5. The molecule has 0 saturated heterocycles. The van der Waals surface area contributed by atoms with Gasteiger partial charge in [0.25, 0.3) is 0 Å². The van der Waals surface area contributed by atoms with E-state index in [2.05, 4.69) is 0 Å². The second-order valence-electron chi connectivity index (χ2n) is 6.26. The van der Waals surface area contributed by atoms with Crippen molar-refractivity contribution in [3.8, 4) is 0 Å². The van der Waals surface area contributed by atoms with Crippen molar-refractivity contribution >= 4 is 13.4 Å². The predicted octanol–water partition coefficient (Wildman–Crippen LogP) is 4.02. The highest BCUT2D eigenvalue weighted by atomic mass is 31.2. The molecule has 0 amide bonds. The number of allylic oxidation sites excluding steroid dienone is 2. The second kappa shape index (κ2) is 5.68. The third-order valence-electron chi connectivity index (χ3n) is 2.55. The molecule has 106 valence electrons. The minimum atomic E-state index is -3.40. The van der Waals surface area contributed by atoms with Crippen molar-refractivity contribution in [2.75, 3.05) is 14.2 Å². The van der Waals surface area contributed by atoms with Crippen LogP contribution in [0.3, 0.4) is 0 Å². The molecule has 0 radical (unpaired) electrons. The number of hydrogen-bond acceptors (Lipinski definition) is 4. The number of ketones is 1. The van der Waals surface area contributed by atoms with Crippen LogP contribution in [0.25, 0.3) is 0 Å². The summed E-state index contributed by atoms with van der Waals surface area (Å²) in [7, 11) is -0.746. The van der Waals surface area contributed by atoms with Crippen molar-refractivity contribution in [1.82, 2.24) is 0 Å². The fraction of sp³-hybridized carbons (Fsp3) is 0.769. The normalized spacial score (nSPS) is 14.8. The smallest absolute Gasteiger partial charge is 0.309 e. The molecule has 0 aromatic carbocycles. The maximum atomic E-state index is 12.5. The summed E-state index contributed by atoms with van der Waals surface area (Å²) in [6.45, 7) is 11.1. The Hall–Kier alpha value is -0.440. The Morgan fingerprint density at radius 2 is 1.33 bits per heavy atom. The van der Waals surface area contributed by atoms with Crippen molar-refractivity contribution in [2.45, 2.75) is 41.5 Å².